The summed E-state index contributed by atoms with van der Waals surface area (Å²) in [6, 6.07) is 4.11. The first-order valence-corrected chi connectivity index (χ1v) is 8.88. The van der Waals surface area contributed by atoms with Crippen molar-refractivity contribution in [2.24, 2.45) is 10.7 Å². The zero-order valence-corrected chi connectivity index (χ0v) is 13.6. The van der Waals surface area contributed by atoms with Gasteiger partial charge in [0.15, 0.2) is 5.96 Å². The highest BCUT2D eigenvalue weighted by Gasteiger charge is 2.13. The van der Waals surface area contributed by atoms with Gasteiger partial charge in [-0.25, -0.2) is 9.98 Å². The summed E-state index contributed by atoms with van der Waals surface area (Å²) in [5.74, 6) is 3.92. The Balaban J connectivity index is 1.62. The van der Waals surface area contributed by atoms with Crippen LogP contribution in [0, 0.1) is 0 Å². The molecule has 0 aromatic carbocycles. The average Bonchev–Trinajstić information content (AvgIpc) is 2.61. The molecule has 22 heavy (non-hydrogen) atoms. The lowest BCUT2D eigenvalue weighted by Crippen LogP contribution is -2.42. The summed E-state index contributed by atoms with van der Waals surface area (Å²) in [4.78, 5) is 13.4. The van der Waals surface area contributed by atoms with Gasteiger partial charge in [0.25, 0.3) is 0 Å². The second kappa shape index (κ2) is 7.69. The molecular weight excluding hydrogens is 298 g/mol. The van der Waals surface area contributed by atoms with Crippen LogP contribution in [0.3, 0.4) is 0 Å². The molecule has 0 atom stereocenters. The highest BCUT2D eigenvalue weighted by molar-refractivity contribution is 7.99. The van der Waals surface area contributed by atoms with Crippen LogP contribution in [0.15, 0.2) is 23.3 Å². The van der Waals surface area contributed by atoms with Crippen LogP contribution in [-0.4, -0.2) is 66.7 Å². The molecule has 3 rings (SSSR count). The van der Waals surface area contributed by atoms with Crippen molar-refractivity contribution < 1.29 is 4.74 Å². The standard InChI is InChI=1S/C15H23N5OS/c16-15(20-5-9-22-10-6-20)18-12-13-1-2-17-14(11-13)19-3-7-21-8-4-19/h1-2,11H,3-10,12H2,(H2,16,18). The van der Waals surface area contributed by atoms with Crippen LogP contribution < -0.4 is 10.6 Å². The third-order valence-electron chi connectivity index (χ3n) is 3.90. The SMILES string of the molecule is NC(=NCc1ccnc(N2CCOCC2)c1)N1CCSCC1. The minimum absolute atomic E-state index is 0.606. The molecule has 2 fully saturated rings. The van der Waals surface area contributed by atoms with Gasteiger partial charge in [-0.1, -0.05) is 0 Å². The Hall–Kier alpha value is -1.47. The summed E-state index contributed by atoms with van der Waals surface area (Å²) in [6.07, 6.45) is 1.85. The van der Waals surface area contributed by atoms with Crippen LogP contribution in [0.5, 0.6) is 0 Å². The van der Waals surface area contributed by atoms with E-state index in [1.165, 1.54) is 0 Å². The van der Waals surface area contributed by atoms with Crippen LogP contribution >= 0.6 is 11.8 Å². The lowest BCUT2D eigenvalue weighted by atomic mass is 10.2. The van der Waals surface area contributed by atoms with E-state index in [2.05, 4.69) is 25.8 Å². The highest BCUT2D eigenvalue weighted by atomic mass is 32.2. The fourth-order valence-electron chi connectivity index (χ4n) is 2.59. The second-order valence-electron chi connectivity index (χ2n) is 5.40. The molecule has 0 radical (unpaired) electrons. The van der Waals surface area contributed by atoms with Crippen molar-refractivity contribution in [1.29, 1.82) is 0 Å². The fraction of sp³-hybridized carbons (Fsp3) is 0.600. The van der Waals surface area contributed by atoms with E-state index in [0.717, 1.165) is 62.3 Å². The summed E-state index contributed by atoms with van der Waals surface area (Å²) < 4.78 is 5.38. The molecule has 2 N–H and O–H groups in total. The number of nitrogens with two attached hydrogens (primary N) is 1. The molecule has 3 heterocycles. The maximum Gasteiger partial charge on any atom is 0.191 e. The third-order valence-corrected chi connectivity index (χ3v) is 4.85. The van der Waals surface area contributed by atoms with Crippen LogP contribution in [0.4, 0.5) is 5.82 Å². The van der Waals surface area contributed by atoms with E-state index in [1.54, 1.807) is 0 Å². The second-order valence-corrected chi connectivity index (χ2v) is 6.62. The lowest BCUT2D eigenvalue weighted by Gasteiger charge is -2.28. The number of ether oxygens (including phenoxy) is 1. The number of morpholine rings is 1. The lowest BCUT2D eigenvalue weighted by molar-refractivity contribution is 0.122. The number of guanidine groups is 1. The largest absolute Gasteiger partial charge is 0.378 e. The molecule has 0 bridgehead atoms. The van der Waals surface area contributed by atoms with E-state index in [4.69, 9.17) is 10.5 Å². The number of aliphatic imine (C=N–C) groups is 1. The van der Waals surface area contributed by atoms with Crippen LogP contribution in [-0.2, 0) is 11.3 Å². The van der Waals surface area contributed by atoms with Crippen molar-refractivity contribution in [3.8, 4) is 0 Å². The highest BCUT2D eigenvalue weighted by Crippen LogP contribution is 2.15. The number of hydrogen-bond donors (Lipinski definition) is 1. The van der Waals surface area contributed by atoms with Gasteiger partial charge in [-0.2, -0.15) is 11.8 Å². The number of rotatable bonds is 3. The van der Waals surface area contributed by atoms with Gasteiger partial charge in [-0.05, 0) is 17.7 Å². The van der Waals surface area contributed by atoms with Crippen molar-refractivity contribution in [2.45, 2.75) is 6.54 Å². The Bertz CT molecular complexity index is 512. The predicted molar refractivity (Wildman–Crippen MR) is 91.5 cm³/mol. The first-order chi connectivity index (χ1) is 10.8. The summed E-state index contributed by atoms with van der Waals surface area (Å²) in [5, 5.41) is 0. The molecule has 1 aromatic heterocycles. The summed E-state index contributed by atoms with van der Waals surface area (Å²) in [5.41, 5.74) is 7.25. The van der Waals surface area contributed by atoms with Crippen molar-refractivity contribution >= 4 is 23.5 Å². The van der Waals surface area contributed by atoms with E-state index >= 15 is 0 Å². The van der Waals surface area contributed by atoms with E-state index in [1.807, 2.05) is 24.0 Å². The first kappa shape index (κ1) is 15.4. The zero-order valence-electron chi connectivity index (χ0n) is 12.8. The first-order valence-electron chi connectivity index (χ1n) is 7.73. The molecule has 7 heteroatoms. The summed E-state index contributed by atoms with van der Waals surface area (Å²) >= 11 is 1.97. The summed E-state index contributed by atoms with van der Waals surface area (Å²) in [6.45, 7) is 5.93. The number of aromatic nitrogens is 1. The molecule has 0 spiro atoms. The van der Waals surface area contributed by atoms with Crippen molar-refractivity contribution in [1.82, 2.24) is 9.88 Å². The van der Waals surface area contributed by atoms with E-state index in [0.29, 0.717) is 12.5 Å². The number of nitrogens with zero attached hydrogens (tertiary/aromatic N) is 4. The topological polar surface area (TPSA) is 67.0 Å². The molecule has 2 saturated heterocycles. The molecule has 2 aliphatic heterocycles. The number of pyridine rings is 1. The Morgan fingerprint density at radius 3 is 2.82 bits per heavy atom. The van der Waals surface area contributed by atoms with E-state index in [-0.39, 0.29) is 0 Å². The van der Waals surface area contributed by atoms with E-state index in [9.17, 15) is 0 Å². The van der Waals surface area contributed by atoms with Gasteiger partial charge >= 0.3 is 0 Å². The molecule has 2 aliphatic rings. The number of hydrogen-bond acceptors (Lipinski definition) is 5. The quantitative estimate of drug-likeness (QED) is 0.655. The van der Waals surface area contributed by atoms with Gasteiger partial charge in [0, 0.05) is 43.9 Å². The molecule has 0 amide bonds. The Morgan fingerprint density at radius 1 is 1.27 bits per heavy atom. The Kier molecular flexibility index (Phi) is 5.39. The molecule has 0 unspecified atom stereocenters. The van der Waals surface area contributed by atoms with Crippen molar-refractivity contribution in [2.75, 3.05) is 55.8 Å². The predicted octanol–water partition coefficient (Wildman–Crippen LogP) is 0.782. The van der Waals surface area contributed by atoms with Gasteiger partial charge < -0.3 is 20.3 Å². The summed E-state index contributed by atoms with van der Waals surface area (Å²) in [7, 11) is 0. The van der Waals surface area contributed by atoms with Crippen molar-refractivity contribution in [3.63, 3.8) is 0 Å². The molecule has 0 aliphatic carbocycles. The zero-order chi connectivity index (χ0) is 15.2. The van der Waals surface area contributed by atoms with Gasteiger partial charge in [0.1, 0.15) is 5.82 Å². The minimum Gasteiger partial charge on any atom is -0.378 e. The minimum atomic E-state index is 0.606. The van der Waals surface area contributed by atoms with Gasteiger partial charge in [0.2, 0.25) is 0 Å². The fourth-order valence-corrected chi connectivity index (χ4v) is 3.49. The van der Waals surface area contributed by atoms with Gasteiger partial charge in [-0.15, -0.1) is 0 Å². The number of thioether (sulfide) groups is 1. The third kappa shape index (κ3) is 4.04. The maximum atomic E-state index is 6.10. The van der Waals surface area contributed by atoms with Crippen LogP contribution in [0.1, 0.15) is 5.56 Å². The molecule has 120 valence electrons. The Labute approximate surface area is 135 Å². The average molecular weight is 321 g/mol. The van der Waals surface area contributed by atoms with Crippen LogP contribution in [0.25, 0.3) is 0 Å². The maximum absolute atomic E-state index is 6.10. The van der Waals surface area contributed by atoms with Gasteiger partial charge in [-0.3, -0.25) is 0 Å². The molecule has 0 saturated carbocycles. The molecule has 1 aromatic rings. The smallest absolute Gasteiger partial charge is 0.191 e. The molecule has 6 nitrogen and oxygen atoms in total. The normalized spacial score (nSPS) is 20.3. The van der Waals surface area contributed by atoms with Gasteiger partial charge in [0.05, 0.1) is 19.8 Å². The Morgan fingerprint density at radius 2 is 2.05 bits per heavy atom. The number of anilines is 1. The molecular formula is C15H23N5OS. The monoisotopic (exact) mass is 321 g/mol. The van der Waals surface area contributed by atoms with E-state index < -0.39 is 0 Å². The van der Waals surface area contributed by atoms with Crippen molar-refractivity contribution in [3.05, 3.63) is 23.9 Å². The van der Waals surface area contributed by atoms with Crippen LogP contribution in [0.2, 0.25) is 0 Å².